The number of methoxy groups -OCH3 is 1. The Labute approximate surface area is 185 Å². The third-order valence-electron chi connectivity index (χ3n) is 4.81. The molecule has 6 heteroatoms. The summed E-state index contributed by atoms with van der Waals surface area (Å²) in [6, 6.07) is 26.9. The third kappa shape index (κ3) is 4.65. The van der Waals surface area contributed by atoms with Gasteiger partial charge in [-0.25, -0.2) is 10.2 Å². The first-order valence-corrected chi connectivity index (χ1v) is 9.92. The van der Waals surface area contributed by atoms with Crippen LogP contribution in [0.25, 0.3) is 10.8 Å². The summed E-state index contributed by atoms with van der Waals surface area (Å²) in [7, 11) is 1.48. The van der Waals surface area contributed by atoms with Crippen LogP contribution < -0.4 is 14.9 Å². The minimum absolute atomic E-state index is 0.290. The molecule has 4 rings (SSSR count). The van der Waals surface area contributed by atoms with Crippen LogP contribution >= 0.6 is 0 Å². The number of carbonyl (C=O) groups excluding carboxylic acids is 2. The molecule has 0 fully saturated rings. The zero-order chi connectivity index (χ0) is 22.3. The molecule has 0 radical (unpaired) electrons. The van der Waals surface area contributed by atoms with E-state index in [9.17, 15) is 9.59 Å². The number of nitrogens with one attached hydrogen (secondary N) is 1. The summed E-state index contributed by atoms with van der Waals surface area (Å²) >= 11 is 0. The average molecular weight is 424 g/mol. The number of ether oxygens (including phenoxy) is 2. The molecule has 6 nitrogen and oxygen atoms in total. The molecule has 0 bridgehead atoms. The Balaban J connectivity index is 1.46. The van der Waals surface area contributed by atoms with E-state index in [0.29, 0.717) is 28.2 Å². The topological polar surface area (TPSA) is 77.0 Å². The lowest BCUT2D eigenvalue weighted by Gasteiger charge is -2.10. The molecule has 0 aromatic heterocycles. The summed E-state index contributed by atoms with van der Waals surface area (Å²) in [4.78, 5) is 24.9. The Morgan fingerprint density at radius 3 is 2.41 bits per heavy atom. The van der Waals surface area contributed by atoms with Gasteiger partial charge in [-0.15, -0.1) is 0 Å². The van der Waals surface area contributed by atoms with Gasteiger partial charge in [0.05, 0.1) is 18.9 Å². The van der Waals surface area contributed by atoms with Gasteiger partial charge in [0.25, 0.3) is 5.91 Å². The van der Waals surface area contributed by atoms with E-state index in [1.807, 2.05) is 42.5 Å². The molecule has 158 valence electrons. The molecular weight excluding hydrogens is 404 g/mol. The number of hydrazone groups is 1. The Morgan fingerprint density at radius 2 is 1.59 bits per heavy atom. The number of fused-ring (bicyclic) bond motifs is 1. The first kappa shape index (κ1) is 20.8. The fourth-order valence-electron chi connectivity index (χ4n) is 3.23. The molecule has 0 atom stereocenters. The molecule has 1 N–H and O–H groups in total. The summed E-state index contributed by atoms with van der Waals surface area (Å²) in [6.07, 6.45) is 1.49. The van der Waals surface area contributed by atoms with Gasteiger partial charge in [0.1, 0.15) is 0 Å². The van der Waals surface area contributed by atoms with E-state index in [1.165, 1.54) is 13.3 Å². The highest BCUT2D eigenvalue weighted by Gasteiger charge is 2.13. The minimum Gasteiger partial charge on any atom is -0.493 e. The van der Waals surface area contributed by atoms with E-state index in [1.54, 1.807) is 48.5 Å². The van der Waals surface area contributed by atoms with Gasteiger partial charge >= 0.3 is 5.97 Å². The molecule has 0 aliphatic heterocycles. The van der Waals surface area contributed by atoms with Crippen molar-refractivity contribution in [3.63, 3.8) is 0 Å². The minimum atomic E-state index is -0.479. The first-order chi connectivity index (χ1) is 15.7. The van der Waals surface area contributed by atoms with Crippen molar-refractivity contribution in [2.45, 2.75) is 0 Å². The van der Waals surface area contributed by atoms with Crippen molar-refractivity contribution < 1.29 is 19.1 Å². The van der Waals surface area contributed by atoms with Crippen molar-refractivity contribution in [3.05, 3.63) is 108 Å². The molecule has 0 saturated carbocycles. The lowest BCUT2D eigenvalue weighted by Crippen LogP contribution is -2.17. The van der Waals surface area contributed by atoms with Crippen LogP contribution in [0.3, 0.4) is 0 Å². The van der Waals surface area contributed by atoms with Gasteiger partial charge < -0.3 is 9.47 Å². The number of esters is 1. The molecule has 0 spiro atoms. The van der Waals surface area contributed by atoms with Gasteiger partial charge in [0.15, 0.2) is 11.5 Å². The largest absolute Gasteiger partial charge is 0.493 e. The summed E-state index contributed by atoms with van der Waals surface area (Å²) in [5.74, 6) is -0.122. The van der Waals surface area contributed by atoms with E-state index in [0.717, 1.165) is 10.8 Å². The second kappa shape index (κ2) is 9.57. The lowest BCUT2D eigenvalue weighted by molar-refractivity contribution is 0.0729. The Kier molecular flexibility index (Phi) is 6.22. The first-order valence-electron chi connectivity index (χ1n) is 9.92. The van der Waals surface area contributed by atoms with Crippen LogP contribution in [0, 0.1) is 0 Å². The van der Waals surface area contributed by atoms with E-state index in [-0.39, 0.29) is 5.91 Å². The van der Waals surface area contributed by atoms with Gasteiger partial charge in [-0.3, -0.25) is 4.79 Å². The number of amides is 1. The van der Waals surface area contributed by atoms with Crippen LogP contribution in [0.4, 0.5) is 0 Å². The molecule has 1 amide bonds. The smallest absolute Gasteiger partial charge is 0.343 e. The Bertz CT molecular complexity index is 1290. The molecule has 4 aromatic carbocycles. The summed E-state index contributed by atoms with van der Waals surface area (Å²) in [5.41, 5.74) is 4.20. The molecule has 0 saturated heterocycles. The maximum Gasteiger partial charge on any atom is 0.343 e. The highest BCUT2D eigenvalue weighted by Crippen LogP contribution is 2.28. The maximum absolute atomic E-state index is 12.6. The molecule has 4 aromatic rings. The van der Waals surface area contributed by atoms with Gasteiger partial charge in [0, 0.05) is 5.56 Å². The lowest BCUT2D eigenvalue weighted by atomic mass is 10.0. The predicted molar refractivity (Wildman–Crippen MR) is 123 cm³/mol. The quantitative estimate of drug-likeness (QED) is 0.208. The fraction of sp³-hybridized carbons (Fsp3) is 0.0385. The Hall–Kier alpha value is -4.45. The molecule has 0 heterocycles. The van der Waals surface area contributed by atoms with Crippen LogP contribution in [0.15, 0.2) is 96.1 Å². The molecule has 0 aliphatic carbocycles. The standard InChI is InChI=1S/C26H20N2O4/c1-31-24-16-18(14-15-23(24)32-26(30)20-9-3-2-4-10-20)17-27-28-25(29)22-13-7-11-19-8-5-6-12-21(19)22/h2-17H,1H3,(H,28,29)/b27-17-. The predicted octanol–water partition coefficient (Wildman–Crippen LogP) is 4.83. The van der Waals surface area contributed by atoms with E-state index in [4.69, 9.17) is 9.47 Å². The van der Waals surface area contributed by atoms with Crippen LogP contribution in [0.2, 0.25) is 0 Å². The van der Waals surface area contributed by atoms with Crippen molar-refractivity contribution in [1.82, 2.24) is 5.43 Å². The maximum atomic E-state index is 12.6. The van der Waals surface area contributed by atoms with Crippen LogP contribution in [0.1, 0.15) is 26.3 Å². The zero-order valence-electron chi connectivity index (χ0n) is 17.3. The highest BCUT2D eigenvalue weighted by molar-refractivity contribution is 6.07. The van der Waals surface area contributed by atoms with Crippen molar-refractivity contribution in [1.29, 1.82) is 0 Å². The third-order valence-corrected chi connectivity index (χ3v) is 4.81. The monoisotopic (exact) mass is 424 g/mol. The van der Waals surface area contributed by atoms with Crippen molar-refractivity contribution in [2.75, 3.05) is 7.11 Å². The molecule has 0 aliphatic rings. The summed E-state index contributed by atoms with van der Waals surface area (Å²) < 4.78 is 10.8. The zero-order valence-corrected chi connectivity index (χ0v) is 17.3. The van der Waals surface area contributed by atoms with E-state index in [2.05, 4.69) is 10.5 Å². The van der Waals surface area contributed by atoms with Crippen LogP contribution in [-0.2, 0) is 0 Å². The number of nitrogens with zero attached hydrogens (tertiary/aromatic N) is 1. The van der Waals surface area contributed by atoms with E-state index >= 15 is 0 Å². The van der Waals surface area contributed by atoms with Crippen LogP contribution in [0.5, 0.6) is 11.5 Å². The second-order valence-corrected chi connectivity index (χ2v) is 6.89. The number of carbonyl (C=O) groups is 2. The van der Waals surface area contributed by atoms with Gasteiger partial charge in [0.2, 0.25) is 0 Å². The van der Waals surface area contributed by atoms with Gasteiger partial charge in [-0.1, -0.05) is 54.6 Å². The molecule has 0 unspecified atom stereocenters. The number of hydrogen-bond acceptors (Lipinski definition) is 5. The van der Waals surface area contributed by atoms with Gasteiger partial charge in [-0.05, 0) is 52.7 Å². The van der Waals surface area contributed by atoms with Crippen molar-refractivity contribution in [2.24, 2.45) is 5.10 Å². The van der Waals surface area contributed by atoms with Crippen molar-refractivity contribution in [3.8, 4) is 11.5 Å². The average Bonchev–Trinajstić information content (AvgIpc) is 2.84. The number of hydrogen-bond donors (Lipinski definition) is 1. The van der Waals surface area contributed by atoms with Crippen LogP contribution in [-0.4, -0.2) is 25.2 Å². The van der Waals surface area contributed by atoms with E-state index < -0.39 is 5.97 Å². The number of rotatable bonds is 6. The summed E-state index contributed by atoms with van der Waals surface area (Å²) in [5, 5.41) is 5.89. The second-order valence-electron chi connectivity index (χ2n) is 6.89. The normalized spacial score (nSPS) is 10.8. The van der Waals surface area contributed by atoms with Crippen molar-refractivity contribution >= 4 is 28.9 Å². The van der Waals surface area contributed by atoms with Gasteiger partial charge in [-0.2, -0.15) is 5.10 Å². The number of benzene rings is 4. The summed E-state index contributed by atoms with van der Waals surface area (Å²) in [6.45, 7) is 0. The molecule has 32 heavy (non-hydrogen) atoms. The SMILES string of the molecule is COc1cc(/C=N\NC(=O)c2cccc3ccccc23)ccc1OC(=O)c1ccccc1. The highest BCUT2D eigenvalue weighted by atomic mass is 16.6. The Morgan fingerprint density at radius 1 is 0.844 bits per heavy atom. The fourth-order valence-corrected chi connectivity index (χ4v) is 3.23. The molecular formula is C26H20N2O4.